The summed E-state index contributed by atoms with van der Waals surface area (Å²) >= 11 is 0. The highest BCUT2D eigenvalue weighted by Gasteiger charge is 2.05. The maximum Gasteiger partial charge on any atom is 0.258 e. The number of ether oxygens (including phenoxy) is 1. The van der Waals surface area contributed by atoms with Crippen molar-refractivity contribution in [2.24, 2.45) is 0 Å². The van der Waals surface area contributed by atoms with E-state index in [4.69, 9.17) is 4.74 Å². The van der Waals surface area contributed by atoms with Gasteiger partial charge in [0.05, 0.1) is 0 Å². The van der Waals surface area contributed by atoms with Gasteiger partial charge in [0.1, 0.15) is 5.75 Å². The van der Waals surface area contributed by atoms with E-state index < -0.39 is 0 Å². The fraction of sp³-hybridized carbons (Fsp3) is 0.211. The predicted molar refractivity (Wildman–Crippen MR) is 93.7 cm³/mol. The zero-order valence-electron chi connectivity index (χ0n) is 14.0. The molecule has 0 aliphatic heterocycles. The molecule has 2 amide bonds. The SMILES string of the molecule is CC(=O)c1ccc(OCC(=O)NCCNC(=O)c2ccccc2)cc1. The van der Waals surface area contributed by atoms with Gasteiger partial charge >= 0.3 is 0 Å². The van der Waals surface area contributed by atoms with E-state index in [2.05, 4.69) is 10.6 Å². The average Bonchev–Trinajstić information content (AvgIpc) is 2.64. The van der Waals surface area contributed by atoms with Gasteiger partial charge in [-0.15, -0.1) is 0 Å². The summed E-state index contributed by atoms with van der Waals surface area (Å²) in [6.07, 6.45) is 0. The van der Waals surface area contributed by atoms with Gasteiger partial charge in [-0.1, -0.05) is 18.2 Å². The van der Waals surface area contributed by atoms with Crippen molar-refractivity contribution in [1.82, 2.24) is 10.6 Å². The summed E-state index contributed by atoms with van der Waals surface area (Å²) < 4.78 is 5.34. The van der Waals surface area contributed by atoms with Crippen LogP contribution in [-0.4, -0.2) is 37.3 Å². The van der Waals surface area contributed by atoms with E-state index in [1.54, 1.807) is 48.5 Å². The van der Waals surface area contributed by atoms with Crippen LogP contribution in [0.25, 0.3) is 0 Å². The molecule has 0 aromatic heterocycles. The molecule has 0 unspecified atom stereocenters. The first-order valence-corrected chi connectivity index (χ1v) is 7.90. The lowest BCUT2D eigenvalue weighted by atomic mass is 10.1. The van der Waals surface area contributed by atoms with E-state index in [-0.39, 0.29) is 24.2 Å². The lowest BCUT2D eigenvalue weighted by Crippen LogP contribution is -2.36. The van der Waals surface area contributed by atoms with Gasteiger partial charge in [-0.25, -0.2) is 0 Å². The molecule has 2 aromatic rings. The topological polar surface area (TPSA) is 84.5 Å². The Bertz CT molecular complexity index is 727. The van der Waals surface area contributed by atoms with Crippen LogP contribution in [0, 0.1) is 0 Å². The number of carbonyl (C=O) groups is 3. The molecule has 0 saturated carbocycles. The first kappa shape index (κ1) is 18.2. The molecule has 2 rings (SSSR count). The quantitative estimate of drug-likeness (QED) is 0.567. The molecule has 0 aliphatic carbocycles. The van der Waals surface area contributed by atoms with E-state index in [9.17, 15) is 14.4 Å². The minimum absolute atomic E-state index is 0.0261. The second kappa shape index (κ2) is 9.22. The van der Waals surface area contributed by atoms with Crippen molar-refractivity contribution in [2.45, 2.75) is 6.92 Å². The summed E-state index contributed by atoms with van der Waals surface area (Å²) in [5, 5.41) is 5.38. The van der Waals surface area contributed by atoms with E-state index in [1.807, 2.05) is 6.07 Å². The maximum atomic E-state index is 11.8. The summed E-state index contributed by atoms with van der Waals surface area (Å²) in [6, 6.07) is 15.4. The van der Waals surface area contributed by atoms with Gasteiger partial charge in [0.2, 0.25) is 0 Å². The van der Waals surface area contributed by atoms with Crippen molar-refractivity contribution in [1.29, 1.82) is 0 Å². The minimum Gasteiger partial charge on any atom is -0.484 e. The van der Waals surface area contributed by atoms with E-state index >= 15 is 0 Å². The van der Waals surface area contributed by atoms with Gasteiger partial charge < -0.3 is 15.4 Å². The third kappa shape index (κ3) is 6.10. The smallest absolute Gasteiger partial charge is 0.258 e. The maximum absolute atomic E-state index is 11.8. The first-order chi connectivity index (χ1) is 12.1. The van der Waals surface area contributed by atoms with Crippen LogP contribution in [0.3, 0.4) is 0 Å². The number of ketones is 1. The summed E-state index contributed by atoms with van der Waals surface area (Å²) in [5.74, 6) is 0.0145. The van der Waals surface area contributed by atoms with Crippen molar-refractivity contribution in [3.63, 3.8) is 0 Å². The number of amides is 2. The molecule has 0 spiro atoms. The molecule has 0 atom stereocenters. The van der Waals surface area contributed by atoms with Gasteiger partial charge in [0, 0.05) is 24.2 Å². The van der Waals surface area contributed by atoms with Gasteiger partial charge in [-0.3, -0.25) is 14.4 Å². The molecule has 130 valence electrons. The number of carbonyl (C=O) groups excluding carboxylic acids is 3. The predicted octanol–water partition coefficient (Wildman–Crippen LogP) is 1.81. The van der Waals surface area contributed by atoms with Crippen LogP contribution in [0.2, 0.25) is 0 Å². The minimum atomic E-state index is -0.287. The van der Waals surface area contributed by atoms with Crippen molar-refractivity contribution in [2.75, 3.05) is 19.7 Å². The van der Waals surface area contributed by atoms with Crippen LogP contribution < -0.4 is 15.4 Å². The lowest BCUT2D eigenvalue weighted by Gasteiger charge is -2.09. The molecule has 6 heteroatoms. The van der Waals surface area contributed by atoms with Crippen LogP contribution in [0.5, 0.6) is 5.75 Å². The number of Topliss-reactive ketones (excluding diaryl/α,β-unsaturated/α-hetero) is 1. The van der Waals surface area contributed by atoms with Crippen LogP contribution in [0.1, 0.15) is 27.6 Å². The highest BCUT2D eigenvalue weighted by Crippen LogP contribution is 2.12. The number of benzene rings is 2. The number of hydrogen-bond donors (Lipinski definition) is 2. The molecule has 25 heavy (non-hydrogen) atoms. The Hall–Kier alpha value is -3.15. The molecule has 0 bridgehead atoms. The van der Waals surface area contributed by atoms with Gasteiger partial charge in [0.15, 0.2) is 12.4 Å². The monoisotopic (exact) mass is 340 g/mol. The molecule has 0 aliphatic rings. The Morgan fingerprint density at radius 1 is 0.840 bits per heavy atom. The second-order valence-corrected chi connectivity index (χ2v) is 5.34. The number of rotatable bonds is 8. The van der Waals surface area contributed by atoms with E-state index in [1.165, 1.54) is 6.92 Å². The number of nitrogens with one attached hydrogen (secondary N) is 2. The molecule has 0 radical (unpaired) electrons. The molecule has 2 N–H and O–H groups in total. The Morgan fingerprint density at radius 2 is 1.48 bits per heavy atom. The Morgan fingerprint density at radius 3 is 2.12 bits per heavy atom. The largest absolute Gasteiger partial charge is 0.484 e. The van der Waals surface area contributed by atoms with Gasteiger partial charge in [-0.2, -0.15) is 0 Å². The molecule has 6 nitrogen and oxygen atoms in total. The second-order valence-electron chi connectivity index (χ2n) is 5.34. The summed E-state index contributed by atoms with van der Waals surface area (Å²) in [6.45, 7) is 1.99. The van der Waals surface area contributed by atoms with E-state index in [0.717, 1.165) is 0 Å². The molecule has 0 saturated heterocycles. The molecular weight excluding hydrogens is 320 g/mol. The summed E-state index contributed by atoms with van der Waals surface area (Å²) in [4.78, 5) is 34.7. The van der Waals surface area contributed by atoms with Crippen molar-refractivity contribution in [3.8, 4) is 5.75 Å². The zero-order valence-corrected chi connectivity index (χ0v) is 14.0. The first-order valence-electron chi connectivity index (χ1n) is 7.90. The highest BCUT2D eigenvalue weighted by atomic mass is 16.5. The summed E-state index contributed by atoms with van der Waals surface area (Å²) in [5.41, 5.74) is 1.16. The van der Waals surface area contributed by atoms with E-state index in [0.29, 0.717) is 30.0 Å². The Labute approximate surface area is 146 Å². The van der Waals surface area contributed by atoms with Crippen LogP contribution in [0.4, 0.5) is 0 Å². The lowest BCUT2D eigenvalue weighted by molar-refractivity contribution is -0.123. The molecule has 2 aromatic carbocycles. The Balaban J connectivity index is 1.64. The third-order valence-electron chi connectivity index (χ3n) is 3.40. The molecular formula is C19H20N2O4. The van der Waals surface area contributed by atoms with Gasteiger partial charge in [0.25, 0.3) is 11.8 Å². The van der Waals surface area contributed by atoms with Crippen molar-refractivity contribution >= 4 is 17.6 Å². The summed E-state index contributed by atoms with van der Waals surface area (Å²) in [7, 11) is 0. The molecule has 0 heterocycles. The Kier molecular flexibility index (Phi) is 6.71. The van der Waals surface area contributed by atoms with Crippen molar-refractivity contribution in [3.05, 3.63) is 65.7 Å². The fourth-order valence-electron chi connectivity index (χ4n) is 2.06. The number of hydrogen-bond acceptors (Lipinski definition) is 4. The van der Waals surface area contributed by atoms with Crippen LogP contribution in [0.15, 0.2) is 54.6 Å². The van der Waals surface area contributed by atoms with Crippen LogP contribution in [-0.2, 0) is 4.79 Å². The molecule has 0 fully saturated rings. The highest BCUT2D eigenvalue weighted by molar-refractivity contribution is 5.94. The van der Waals surface area contributed by atoms with Gasteiger partial charge in [-0.05, 0) is 43.3 Å². The third-order valence-corrected chi connectivity index (χ3v) is 3.40. The average molecular weight is 340 g/mol. The van der Waals surface area contributed by atoms with Crippen molar-refractivity contribution < 1.29 is 19.1 Å². The zero-order chi connectivity index (χ0) is 18.1. The normalized spacial score (nSPS) is 9.96. The fourth-order valence-corrected chi connectivity index (χ4v) is 2.06. The van der Waals surface area contributed by atoms with Crippen LogP contribution >= 0.6 is 0 Å². The standard InChI is InChI=1S/C19H20N2O4/c1-14(22)15-7-9-17(10-8-15)25-13-18(23)20-11-12-21-19(24)16-5-3-2-4-6-16/h2-10H,11-13H2,1H3,(H,20,23)(H,21,24).